The van der Waals surface area contributed by atoms with E-state index in [1.165, 1.54) is 0 Å². The molecule has 3 heterocycles. The zero-order chi connectivity index (χ0) is 18.8. The van der Waals surface area contributed by atoms with Crippen LogP contribution in [0.1, 0.15) is 53.8 Å². The zero-order valence-corrected chi connectivity index (χ0v) is 15.5. The lowest BCUT2D eigenvalue weighted by molar-refractivity contribution is -0.139. The molecule has 0 bridgehead atoms. The summed E-state index contributed by atoms with van der Waals surface area (Å²) in [5.41, 5.74) is 2.25. The van der Waals surface area contributed by atoms with Gasteiger partial charge in [-0.2, -0.15) is 5.10 Å². The molecule has 142 valence electrons. The summed E-state index contributed by atoms with van der Waals surface area (Å²) in [5.74, 6) is 0.998. The molecule has 2 amide bonds. The highest BCUT2D eigenvalue weighted by atomic mass is 16.2. The van der Waals surface area contributed by atoms with Crippen molar-refractivity contribution in [3.05, 3.63) is 41.2 Å². The van der Waals surface area contributed by atoms with Crippen LogP contribution < -0.4 is 5.32 Å². The summed E-state index contributed by atoms with van der Waals surface area (Å²) in [6, 6.07) is 1.97. The molecule has 1 aliphatic carbocycles. The number of hydrogen-bond donors (Lipinski definition) is 1. The van der Waals surface area contributed by atoms with Crippen molar-refractivity contribution in [2.75, 3.05) is 6.54 Å². The molecule has 0 saturated heterocycles. The van der Waals surface area contributed by atoms with Gasteiger partial charge in [0.05, 0.1) is 36.6 Å². The number of carbonyl (C=O) groups excluding carboxylic acids is 2. The summed E-state index contributed by atoms with van der Waals surface area (Å²) in [7, 11) is 0. The van der Waals surface area contributed by atoms with Gasteiger partial charge in [-0.05, 0) is 18.9 Å². The second-order valence-electron chi connectivity index (χ2n) is 7.16. The largest absolute Gasteiger partial charge is 0.346 e. The molecule has 0 spiro atoms. The van der Waals surface area contributed by atoms with E-state index in [1.807, 2.05) is 22.6 Å². The first kappa shape index (κ1) is 17.6. The molecular formula is C19H24N6O2. The predicted molar refractivity (Wildman–Crippen MR) is 97.6 cm³/mol. The number of nitrogens with zero attached hydrogens (tertiary/aromatic N) is 5. The Labute approximate surface area is 158 Å². The van der Waals surface area contributed by atoms with Crippen molar-refractivity contribution < 1.29 is 9.59 Å². The van der Waals surface area contributed by atoms with E-state index in [2.05, 4.69) is 20.4 Å². The monoisotopic (exact) mass is 368 g/mol. The van der Waals surface area contributed by atoms with E-state index in [0.717, 1.165) is 37.1 Å². The Bertz CT molecular complexity index is 840. The van der Waals surface area contributed by atoms with Gasteiger partial charge in [0.1, 0.15) is 5.82 Å². The van der Waals surface area contributed by atoms with E-state index >= 15 is 0 Å². The Morgan fingerprint density at radius 3 is 2.67 bits per heavy atom. The van der Waals surface area contributed by atoms with Crippen LogP contribution in [-0.4, -0.2) is 43.0 Å². The normalized spacial score (nSPS) is 16.6. The molecular weight excluding hydrogens is 344 g/mol. The molecule has 2 aromatic rings. The van der Waals surface area contributed by atoms with E-state index in [1.54, 1.807) is 12.4 Å². The molecule has 1 fully saturated rings. The third-order valence-corrected chi connectivity index (χ3v) is 5.33. The van der Waals surface area contributed by atoms with Crippen LogP contribution in [0, 0.1) is 5.92 Å². The Morgan fingerprint density at radius 2 is 2.00 bits per heavy atom. The van der Waals surface area contributed by atoms with Gasteiger partial charge in [-0.1, -0.05) is 13.3 Å². The van der Waals surface area contributed by atoms with Crippen LogP contribution in [0.25, 0.3) is 0 Å². The predicted octanol–water partition coefficient (Wildman–Crippen LogP) is 1.31. The van der Waals surface area contributed by atoms with Crippen molar-refractivity contribution in [3.63, 3.8) is 0 Å². The summed E-state index contributed by atoms with van der Waals surface area (Å²) in [5, 5.41) is 7.41. The van der Waals surface area contributed by atoms with E-state index in [4.69, 9.17) is 0 Å². The quantitative estimate of drug-likeness (QED) is 0.859. The molecule has 27 heavy (non-hydrogen) atoms. The number of hydrogen-bond acceptors (Lipinski definition) is 5. The Hall–Kier alpha value is -2.77. The summed E-state index contributed by atoms with van der Waals surface area (Å²) in [6.07, 6.45) is 7.04. The van der Waals surface area contributed by atoms with Gasteiger partial charge in [0.15, 0.2) is 0 Å². The van der Waals surface area contributed by atoms with Gasteiger partial charge in [-0.15, -0.1) is 0 Å². The van der Waals surface area contributed by atoms with E-state index in [9.17, 15) is 9.59 Å². The lowest BCUT2D eigenvalue weighted by Crippen LogP contribution is -2.43. The first-order valence-electron chi connectivity index (χ1n) is 9.57. The minimum atomic E-state index is -0.217. The van der Waals surface area contributed by atoms with Crippen molar-refractivity contribution >= 4 is 11.8 Å². The first-order valence-corrected chi connectivity index (χ1v) is 9.57. The van der Waals surface area contributed by atoms with Crippen LogP contribution in [0.4, 0.5) is 0 Å². The first-order chi connectivity index (χ1) is 13.1. The number of aryl methyl sites for hydroxylation is 1. The molecule has 8 nitrogen and oxygen atoms in total. The fourth-order valence-corrected chi connectivity index (χ4v) is 3.44. The Morgan fingerprint density at radius 1 is 1.22 bits per heavy atom. The van der Waals surface area contributed by atoms with Crippen LogP contribution >= 0.6 is 0 Å². The number of rotatable bonds is 5. The van der Waals surface area contributed by atoms with Gasteiger partial charge in [-0.25, -0.2) is 9.97 Å². The molecule has 2 aromatic heterocycles. The van der Waals surface area contributed by atoms with E-state index in [0.29, 0.717) is 37.6 Å². The van der Waals surface area contributed by atoms with Gasteiger partial charge in [-0.3, -0.25) is 14.3 Å². The van der Waals surface area contributed by atoms with Crippen LogP contribution in [-0.2, 0) is 30.8 Å². The molecule has 0 radical (unpaired) electrons. The lowest BCUT2D eigenvalue weighted by atomic mass is 9.84. The summed E-state index contributed by atoms with van der Waals surface area (Å²) in [6.45, 7) is 4.31. The minimum absolute atomic E-state index is 0.217. The van der Waals surface area contributed by atoms with Gasteiger partial charge in [0, 0.05) is 31.3 Å². The molecule has 4 rings (SSSR count). The van der Waals surface area contributed by atoms with Crippen LogP contribution in [0.15, 0.2) is 18.5 Å². The van der Waals surface area contributed by atoms with Crippen LogP contribution in [0.5, 0.6) is 0 Å². The van der Waals surface area contributed by atoms with E-state index < -0.39 is 0 Å². The molecule has 1 saturated carbocycles. The van der Waals surface area contributed by atoms with Gasteiger partial charge in [0.25, 0.3) is 5.91 Å². The maximum Gasteiger partial charge on any atom is 0.254 e. The smallest absolute Gasteiger partial charge is 0.254 e. The summed E-state index contributed by atoms with van der Waals surface area (Å²) >= 11 is 0. The van der Waals surface area contributed by atoms with E-state index in [-0.39, 0.29) is 17.7 Å². The second-order valence-corrected chi connectivity index (χ2v) is 7.16. The minimum Gasteiger partial charge on any atom is -0.346 e. The zero-order valence-electron chi connectivity index (χ0n) is 15.5. The van der Waals surface area contributed by atoms with Crippen LogP contribution in [0.2, 0.25) is 0 Å². The molecule has 1 N–H and O–H groups in total. The average Bonchev–Trinajstić information content (AvgIpc) is 3.06. The highest BCUT2D eigenvalue weighted by molar-refractivity contribution is 5.93. The Kier molecular flexibility index (Phi) is 4.87. The fraction of sp³-hybridized carbons (Fsp3) is 0.526. The van der Waals surface area contributed by atoms with Crippen molar-refractivity contribution in [2.45, 2.75) is 52.2 Å². The highest BCUT2D eigenvalue weighted by Gasteiger charge is 2.31. The number of amides is 2. The number of carbonyl (C=O) groups is 2. The summed E-state index contributed by atoms with van der Waals surface area (Å²) in [4.78, 5) is 34.9. The third kappa shape index (κ3) is 3.70. The SMILES string of the molecule is CCc1ncc(C(=O)NCc2cc3n(n2)CCN(C(=O)C2CCC2)C3)cn1. The Balaban J connectivity index is 1.35. The topological polar surface area (TPSA) is 93.0 Å². The maximum atomic E-state index is 12.4. The van der Waals surface area contributed by atoms with Crippen molar-refractivity contribution in [3.8, 4) is 0 Å². The maximum absolute atomic E-state index is 12.4. The third-order valence-electron chi connectivity index (χ3n) is 5.33. The van der Waals surface area contributed by atoms with Gasteiger partial charge in [0.2, 0.25) is 5.91 Å². The molecule has 0 unspecified atom stereocenters. The molecule has 2 aliphatic rings. The average molecular weight is 368 g/mol. The molecule has 8 heteroatoms. The fourth-order valence-electron chi connectivity index (χ4n) is 3.44. The lowest BCUT2D eigenvalue weighted by Gasteiger charge is -2.34. The molecule has 0 aromatic carbocycles. The number of aromatic nitrogens is 4. The van der Waals surface area contributed by atoms with Crippen LogP contribution in [0.3, 0.4) is 0 Å². The van der Waals surface area contributed by atoms with Gasteiger partial charge >= 0.3 is 0 Å². The molecule has 0 atom stereocenters. The van der Waals surface area contributed by atoms with Crippen molar-refractivity contribution in [2.24, 2.45) is 5.92 Å². The highest BCUT2D eigenvalue weighted by Crippen LogP contribution is 2.29. The second kappa shape index (κ2) is 7.46. The number of fused-ring (bicyclic) bond motifs is 1. The van der Waals surface area contributed by atoms with Crippen molar-refractivity contribution in [1.29, 1.82) is 0 Å². The van der Waals surface area contributed by atoms with Gasteiger partial charge < -0.3 is 10.2 Å². The molecule has 1 aliphatic heterocycles. The summed E-state index contributed by atoms with van der Waals surface area (Å²) < 4.78 is 1.94. The standard InChI is InChI=1S/C19H24N6O2/c1-2-17-20-9-14(10-21-17)18(26)22-11-15-8-16-12-24(6-7-25(16)23-15)19(27)13-4-3-5-13/h8-10,13H,2-7,11-12H2,1H3,(H,22,26). The number of nitrogens with one attached hydrogen (secondary N) is 1. The van der Waals surface area contributed by atoms with Crippen molar-refractivity contribution in [1.82, 2.24) is 30.0 Å².